The molecule has 2 aliphatic heterocycles. The molecule has 0 aliphatic carbocycles. The van der Waals surface area contributed by atoms with Gasteiger partial charge in [0.05, 0.1) is 6.61 Å². The Balaban J connectivity index is 0.00000176. The molecule has 0 amide bonds. The number of halogens is 2. The maximum Gasteiger partial charge on any atom is 0.127 e. The monoisotopic (exact) mass is 344 g/mol. The molecule has 0 atom stereocenters. The van der Waals surface area contributed by atoms with Crippen molar-refractivity contribution in [1.29, 1.82) is 0 Å². The molecule has 22 heavy (non-hydrogen) atoms. The van der Waals surface area contributed by atoms with Gasteiger partial charge in [-0.25, -0.2) is 0 Å². The molecule has 0 aromatic heterocycles. The summed E-state index contributed by atoms with van der Waals surface area (Å²) < 4.78 is 5.81. The lowest BCUT2D eigenvalue weighted by atomic mass is 9.93. The Hall–Kier alpha value is -0.480. The largest absolute Gasteiger partial charge is 0.493 e. The van der Waals surface area contributed by atoms with E-state index in [1.54, 1.807) is 0 Å². The van der Waals surface area contributed by atoms with Gasteiger partial charge in [0.15, 0.2) is 0 Å². The van der Waals surface area contributed by atoms with E-state index < -0.39 is 0 Å². The smallest absolute Gasteiger partial charge is 0.127 e. The maximum absolute atomic E-state index is 6.25. The molecule has 2 aliphatic rings. The number of nitrogens with one attached hydrogen (secondary N) is 1. The SMILES string of the molecule is CNCCC1CCN(Cc2cc(Cl)cc3c2OCC3)CC1.Cl. The van der Waals surface area contributed by atoms with E-state index in [1.165, 1.54) is 43.5 Å². The Bertz CT molecular complexity index is 488. The number of piperidine rings is 1. The fourth-order valence-corrected chi connectivity index (χ4v) is 3.75. The zero-order valence-corrected chi connectivity index (χ0v) is 14.8. The fourth-order valence-electron chi connectivity index (χ4n) is 3.49. The van der Waals surface area contributed by atoms with Crippen LogP contribution in [0.25, 0.3) is 0 Å². The van der Waals surface area contributed by atoms with E-state index >= 15 is 0 Å². The lowest BCUT2D eigenvalue weighted by Crippen LogP contribution is -2.34. The van der Waals surface area contributed by atoms with Gasteiger partial charge < -0.3 is 10.1 Å². The van der Waals surface area contributed by atoms with Crippen LogP contribution in [-0.2, 0) is 13.0 Å². The average Bonchev–Trinajstić information content (AvgIpc) is 2.95. The van der Waals surface area contributed by atoms with E-state index in [0.717, 1.165) is 42.8 Å². The highest BCUT2D eigenvalue weighted by molar-refractivity contribution is 6.30. The number of fused-ring (bicyclic) bond motifs is 1. The summed E-state index contributed by atoms with van der Waals surface area (Å²) in [7, 11) is 2.04. The Morgan fingerprint density at radius 2 is 2.09 bits per heavy atom. The zero-order chi connectivity index (χ0) is 14.7. The molecule has 0 radical (unpaired) electrons. The van der Waals surface area contributed by atoms with Crippen molar-refractivity contribution < 1.29 is 4.74 Å². The van der Waals surface area contributed by atoms with Crippen molar-refractivity contribution in [1.82, 2.24) is 10.2 Å². The lowest BCUT2D eigenvalue weighted by Gasteiger charge is -2.32. The van der Waals surface area contributed by atoms with Gasteiger partial charge in [-0.1, -0.05) is 11.6 Å². The Morgan fingerprint density at radius 3 is 2.82 bits per heavy atom. The average molecular weight is 345 g/mol. The summed E-state index contributed by atoms with van der Waals surface area (Å²) in [5.74, 6) is 1.98. The van der Waals surface area contributed by atoms with Crippen LogP contribution in [-0.4, -0.2) is 38.2 Å². The second kappa shape index (κ2) is 8.39. The molecular formula is C17H26Cl2N2O. The Labute approximate surface area is 144 Å². The van der Waals surface area contributed by atoms with Crippen LogP contribution in [0.15, 0.2) is 12.1 Å². The number of benzene rings is 1. The van der Waals surface area contributed by atoms with Crippen molar-refractivity contribution in [3.63, 3.8) is 0 Å². The third-order valence-corrected chi connectivity index (χ3v) is 4.95. The minimum Gasteiger partial charge on any atom is -0.493 e. The van der Waals surface area contributed by atoms with E-state index in [-0.39, 0.29) is 12.4 Å². The van der Waals surface area contributed by atoms with Crippen LogP contribution in [0.4, 0.5) is 0 Å². The molecular weight excluding hydrogens is 319 g/mol. The molecule has 1 saturated heterocycles. The Morgan fingerprint density at radius 1 is 1.32 bits per heavy atom. The van der Waals surface area contributed by atoms with Gasteiger partial charge in [0, 0.05) is 23.6 Å². The summed E-state index contributed by atoms with van der Waals surface area (Å²) in [5.41, 5.74) is 2.55. The number of rotatable bonds is 5. The molecule has 0 unspecified atom stereocenters. The fraction of sp³-hybridized carbons (Fsp3) is 0.647. The number of ether oxygens (including phenoxy) is 1. The van der Waals surface area contributed by atoms with Crippen molar-refractivity contribution in [3.05, 3.63) is 28.3 Å². The first-order valence-corrected chi connectivity index (χ1v) is 8.45. The summed E-state index contributed by atoms with van der Waals surface area (Å²) in [6.07, 6.45) is 4.92. The van der Waals surface area contributed by atoms with E-state index in [1.807, 2.05) is 7.05 Å². The predicted octanol–water partition coefficient (Wildman–Crippen LogP) is 3.52. The molecule has 3 nitrogen and oxygen atoms in total. The van der Waals surface area contributed by atoms with Crippen LogP contribution in [0.2, 0.25) is 5.02 Å². The van der Waals surface area contributed by atoms with Gasteiger partial charge in [0.1, 0.15) is 5.75 Å². The zero-order valence-electron chi connectivity index (χ0n) is 13.2. The first kappa shape index (κ1) is 17.9. The summed E-state index contributed by atoms with van der Waals surface area (Å²) >= 11 is 6.25. The third kappa shape index (κ3) is 4.29. The van der Waals surface area contributed by atoms with Crippen molar-refractivity contribution in [2.24, 2.45) is 5.92 Å². The highest BCUT2D eigenvalue weighted by Crippen LogP contribution is 2.34. The first-order valence-electron chi connectivity index (χ1n) is 8.07. The van der Waals surface area contributed by atoms with Crippen molar-refractivity contribution in [2.75, 3.05) is 33.3 Å². The van der Waals surface area contributed by atoms with Gasteiger partial charge in [-0.3, -0.25) is 4.90 Å². The normalized spacial score (nSPS) is 18.6. The first-order chi connectivity index (χ1) is 10.3. The van der Waals surface area contributed by atoms with Crippen LogP contribution in [0.1, 0.15) is 30.4 Å². The van der Waals surface area contributed by atoms with Crippen molar-refractivity contribution >= 4 is 24.0 Å². The topological polar surface area (TPSA) is 24.5 Å². The van der Waals surface area contributed by atoms with E-state index in [0.29, 0.717) is 0 Å². The standard InChI is InChI=1S/C17H25ClN2O.ClH/c1-19-6-2-13-3-7-20(8-4-13)12-15-11-16(18)10-14-5-9-21-17(14)15;/h10-11,13,19H,2-9,12H2,1H3;1H. The molecule has 124 valence electrons. The highest BCUT2D eigenvalue weighted by Gasteiger charge is 2.22. The molecule has 2 heterocycles. The maximum atomic E-state index is 6.25. The molecule has 0 saturated carbocycles. The number of hydrogen-bond acceptors (Lipinski definition) is 3. The van der Waals surface area contributed by atoms with Crippen molar-refractivity contribution in [2.45, 2.75) is 32.2 Å². The third-order valence-electron chi connectivity index (χ3n) is 4.73. The van der Waals surface area contributed by atoms with Crippen LogP contribution in [0, 0.1) is 5.92 Å². The number of hydrogen-bond donors (Lipinski definition) is 1. The molecule has 1 N–H and O–H groups in total. The molecule has 0 spiro atoms. The summed E-state index contributed by atoms with van der Waals surface area (Å²) in [5, 5.41) is 4.10. The van der Waals surface area contributed by atoms with Crippen LogP contribution < -0.4 is 10.1 Å². The lowest BCUT2D eigenvalue weighted by molar-refractivity contribution is 0.170. The van der Waals surface area contributed by atoms with Gasteiger partial charge in [-0.2, -0.15) is 0 Å². The Kier molecular flexibility index (Phi) is 6.82. The molecule has 5 heteroatoms. The van der Waals surface area contributed by atoms with Gasteiger partial charge in [0.25, 0.3) is 0 Å². The van der Waals surface area contributed by atoms with Gasteiger partial charge in [0.2, 0.25) is 0 Å². The second-order valence-electron chi connectivity index (χ2n) is 6.26. The summed E-state index contributed by atoms with van der Waals surface area (Å²) in [6, 6.07) is 4.14. The van der Waals surface area contributed by atoms with Crippen LogP contribution in [0.5, 0.6) is 5.75 Å². The number of likely N-dealkylation sites (tertiary alicyclic amines) is 1. The molecule has 1 aromatic carbocycles. The second-order valence-corrected chi connectivity index (χ2v) is 6.70. The quantitative estimate of drug-likeness (QED) is 0.884. The molecule has 3 rings (SSSR count). The van der Waals surface area contributed by atoms with Gasteiger partial charge in [-0.15, -0.1) is 12.4 Å². The van der Waals surface area contributed by atoms with Crippen molar-refractivity contribution in [3.8, 4) is 5.75 Å². The highest BCUT2D eigenvalue weighted by atomic mass is 35.5. The molecule has 1 aromatic rings. The number of nitrogens with zero attached hydrogens (tertiary/aromatic N) is 1. The van der Waals surface area contributed by atoms with Crippen LogP contribution >= 0.6 is 24.0 Å². The summed E-state index contributed by atoms with van der Waals surface area (Å²) in [6.45, 7) is 5.29. The minimum absolute atomic E-state index is 0. The minimum atomic E-state index is 0. The van der Waals surface area contributed by atoms with E-state index in [9.17, 15) is 0 Å². The van der Waals surface area contributed by atoms with Gasteiger partial charge in [-0.05, 0) is 69.6 Å². The predicted molar refractivity (Wildman–Crippen MR) is 94.4 cm³/mol. The van der Waals surface area contributed by atoms with E-state index in [2.05, 4.69) is 22.3 Å². The van der Waals surface area contributed by atoms with Crippen LogP contribution in [0.3, 0.4) is 0 Å². The molecule has 0 bridgehead atoms. The molecule has 1 fully saturated rings. The summed E-state index contributed by atoms with van der Waals surface area (Å²) in [4.78, 5) is 2.55. The van der Waals surface area contributed by atoms with E-state index in [4.69, 9.17) is 16.3 Å². The van der Waals surface area contributed by atoms with Gasteiger partial charge >= 0.3 is 0 Å².